The van der Waals surface area contributed by atoms with Crippen molar-refractivity contribution in [2.75, 3.05) is 6.54 Å². The second kappa shape index (κ2) is 6.89. The molecule has 1 rings (SSSR count). The summed E-state index contributed by atoms with van der Waals surface area (Å²) in [5.41, 5.74) is 3.32. The van der Waals surface area contributed by atoms with Crippen molar-refractivity contribution in [2.24, 2.45) is 0 Å². The third-order valence-electron chi connectivity index (χ3n) is 3.40. The van der Waals surface area contributed by atoms with Gasteiger partial charge in [0, 0.05) is 20.2 Å². The highest BCUT2D eigenvalue weighted by molar-refractivity contribution is 6.76. The molecule has 0 bridgehead atoms. The van der Waals surface area contributed by atoms with E-state index in [0.29, 0.717) is 12.5 Å². The number of hydrogen-bond acceptors (Lipinski definition) is 1. The minimum absolute atomic E-state index is 0.0219. The number of nitrogens with one attached hydrogen (secondary N) is 1. The van der Waals surface area contributed by atoms with Gasteiger partial charge in [-0.2, -0.15) is 0 Å². The van der Waals surface area contributed by atoms with Crippen molar-refractivity contribution in [3.63, 3.8) is 0 Å². The molecular weight excluding hydrogens is 262 g/mol. The van der Waals surface area contributed by atoms with E-state index < -0.39 is 8.07 Å². The predicted octanol–water partition coefficient (Wildman–Crippen LogP) is 4.35. The first kappa shape index (κ1) is 16.7. The first-order chi connectivity index (χ1) is 9.24. The van der Waals surface area contributed by atoms with Crippen LogP contribution in [0, 0.1) is 6.92 Å². The van der Waals surface area contributed by atoms with E-state index in [2.05, 4.69) is 57.5 Å². The minimum atomic E-state index is -1.11. The fourth-order valence-corrected chi connectivity index (χ4v) is 4.67. The Balaban J connectivity index is 2.96. The van der Waals surface area contributed by atoms with E-state index in [1.54, 1.807) is 6.08 Å². The first-order valence-electron chi connectivity index (χ1n) is 7.24. The van der Waals surface area contributed by atoms with E-state index in [1.807, 2.05) is 6.07 Å². The van der Waals surface area contributed by atoms with Crippen molar-refractivity contribution in [3.05, 3.63) is 47.5 Å². The van der Waals surface area contributed by atoms with E-state index in [9.17, 15) is 4.79 Å². The van der Waals surface area contributed by atoms with Crippen LogP contribution in [0.5, 0.6) is 0 Å². The number of carbonyl (C=O) groups is 1. The molecule has 0 saturated carbocycles. The molecule has 1 unspecified atom stereocenters. The highest BCUT2D eigenvalue weighted by atomic mass is 28.3. The number of carbonyl (C=O) groups excluding carboxylic acids is 1. The Bertz CT molecular complexity index is 488. The highest BCUT2D eigenvalue weighted by Crippen LogP contribution is 2.29. The van der Waals surface area contributed by atoms with E-state index in [-0.39, 0.29) is 5.91 Å². The van der Waals surface area contributed by atoms with E-state index in [1.165, 1.54) is 17.2 Å². The smallest absolute Gasteiger partial charge is 0.251 e. The van der Waals surface area contributed by atoms with Crippen LogP contribution in [0.4, 0.5) is 0 Å². The molecule has 0 aromatic heterocycles. The van der Waals surface area contributed by atoms with E-state index in [0.717, 1.165) is 5.56 Å². The molecule has 2 nitrogen and oxygen atoms in total. The van der Waals surface area contributed by atoms with Crippen LogP contribution in [0.2, 0.25) is 25.7 Å². The number of rotatable bonds is 6. The molecule has 1 N–H and O–H groups in total. The van der Waals surface area contributed by atoms with Crippen molar-refractivity contribution < 1.29 is 4.79 Å². The van der Waals surface area contributed by atoms with Gasteiger partial charge in [-0.1, -0.05) is 44.8 Å². The molecule has 1 atom stereocenters. The average molecular weight is 289 g/mol. The second-order valence-corrected chi connectivity index (χ2v) is 12.3. The lowest BCUT2D eigenvalue weighted by Gasteiger charge is -2.23. The zero-order valence-electron chi connectivity index (χ0n) is 13.4. The molecule has 1 aromatic rings. The topological polar surface area (TPSA) is 29.1 Å². The molecule has 20 heavy (non-hydrogen) atoms. The lowest BCUT2D eigenvalue weighted by molar-refractivity contribution is 0.0958. The van der Waals surface area contributed by atoms with Gasteiger partial charge >= 0.3 is 0 Å². The number of hydrogen-bond donors (Lipinski definition) is 1. The summed E-state index contributed by atoms with van der Waals surface area (Å²) in [4.78, 5) is 12.0. The Kier molecular flexibility index (Phi) is 5.75. The Hall–Kier alpha value is -1.35. The van der Waals surface area contributed by atoms with Crippen molar-refractivity contribution in [2.45, 2.75) is 45.5 Å². The van der Waals surface area contributed by atoms with Gasteiger partial charge in [0.15, 0.2) is 0 Å². The van der Waals surface area contributed by atoms with Crippen LogP contribution in [0.3, 0.4) is 0 Å². The normalized spacial score (nSPS) is 12.8. The maximum Gasteiger partial charge on any atom is 0.251 e. The zero-order valence-corrected chi connectivity index (χ0v) is 14.4. The molecule has 0 aliphatic rings. The fourth-order valence-electron chi connectivity index (χ4n) is 2.61. The maximum absolute atomic E-state index is 12.0. The second-order valence-electron chi connectivity index (χ2n) is 6.74. The molecule has 1 amide bonds. The quantitative estimate of drug-likeness (QED) is 0.612. The fraction of sp³-hybridized carbons (Fsp3) is 0.471. The van der Waals surface area contributed by atoms with Crippen LogP contribution >= 0.6 is 0 Å². The van der Waals surface area contributed by atoms with Crippen LogP contribution < -0.4 is 5.32 Å². The Labute approximate surface area is 124 Å². The van der Waals surface area contributed by atoms with E-state index in [4.69, 9.17) is 0 Å². The summed E-state index contributed by atoms with van der Waals surface area (Å²) in [6.45, 7) is 15.7. The summed E-state index contributed by atoms with van der Waals surface area (Å²) >= 11 is 0. The molecule has 3 heteroatoms. The van der Waals surface area contributed by atoms with Gasteiger partial charge < -0.3 is 5.32 Å². The van der Waals surface area contributed by atoms with Gasteiger partial charge in [-0.15, -0.1) is 6.58 Å². The van der Waals surface area contributed by atoms with Crippen LogP contribution in [0.25, 0.3) is 0 Å². The van der Waals surface area contributed by atoms with Gasteiger partial charge in [0.2, 0.25) is 0 Å². The molecule has 110 valence electrons. The summed E-state index contributed by atoms with van der Waals surface area (Å²) in [6.07, 6.45) is 1.70. The molecular formula is C17H27NOSi. The summed E-state index contributed by atoms with van der Waals surface area (Å²) in [7, 11) is -1.11. The first-order valence-corrected chi connectivity index (χ1v) is 10.9. The molecule has 1 aromatic carbocycles. The highest BCUT2D eigenvalue weighted by Gasteiger charge is 2.20. The molecule has 0 heterocycles. The van der Waals surface area contributed by atoms with Crippen LogP contribution in [0.1, 0.15) is 34.3 Å². The third-order valence-corrected chi connectivity index (χ3v) is 5.23. The van der Waals surface area contributed by atoms with Gasteiger partial charge in [0.25, 0.3) is 5.91 Å². The van der Waals surface area contributed by atoms with Crippen LogP contribution in [0.15, 0.2) is 30.9 Å². The largest absolute Gasteiger partial charge is 0.349 e. The minimum Gasteiger partial charge on any atom is -0.349 e. The Morgan fingerprint density at radius 3 is 2.60 bits per heavy atom. The van der Waals surface area contributed by atoms with Gasteiger partial charge in [0.05, 0.1) is 0 Å². The molecule has 0 aliphatic carbocycles. The summed E-state index contributed by atoms with van der Waals surface area (Å²) in [5, 5.41) is 2.83. The summed E-state index contributed by atoms with van der Waals surface area (Å²) < 4.78 is 0. The van der Waals surface area contributed by atoms with Gasteiger partial charge in [-0.25, -0.2) is 0 Å². The standard InChI is InChI=1S/C17H27NOSi/c1-7-10-18-17(19)15-9-8-13(2)16(11-15)14(3)12-20(4,5)6/h7-9,11,14H,1,10,12H2,2-6H3,(H,18,19). The Morgan fingerprint density at radius 1 is 1.40 bits per heavy atom. The van der Waals surface area contributed by atoms with Crippen molar-refractivity contribution in [1.29, 1.82) is 0 Å². The summed E-state index contributed by atoms with van der Waals surface area (Å²) in [5.74, 6) is 0.486. The predicted molar refractivity (Wildman–Crippen MR) is 90.3 cm³/mol. The van der Waals surface area contributed by atoms with Gasteiger partial charge in [-0.3, -0.25) is 4.79 Å². The number of amides is 1. The lowest BCUT2D eigenvalue weighted by atomic mass is 9.95. The van der Waals surface area contributed by atoms with Crippen LogP contribution in [-0.4, -0.2) is 20.5 Å². The third kappa shape index (κ3) is 4.97. The zero-order chi connectivity index (χ0) is 15.3. The number of aryl methyl sites for hydroxylation is 1. The van der Waals surface area contributed by atoms with Crippen molar-refractivity contribution >= 4 is 14.0 Å². The lowest BCUT2D eigenvalue weighted by Crippen LogP contribution is -2.24. The molecule has 0 spiro atoms. The molecule has 0 fully saturated rings. The maximum atomic E-state index is 12.0. The van der Waals surface area contributed by atoms with Gasteiger partial charge in [-0.05, 0) is 36.1 Å². The monoisotopic (exact) mass is 289 g/mol. The summed E-state index contributed by atoms with van der Waals surface area (Å²) in [6, 6.07) is 7.25. The molecule has 0 radical (unpaired) electrons. The van der Waals surface area contributed by atoms with E-state index >= 15 is 0 Å². The average Bonchev–Trinajstić information content (AvgIpc) is 2.34. The van der Waals surface area contributed by atoms with Crippen LogP contribution in [-0.2, 0) is 0 Å². The molecule has 0 aliphatic heterocycles. The van der Waals surface area contributed by atoms with Crippen molar-refractivity contribution in [3.8, 4) is 0 Å². The van der Waals surface area contributed by atoms with Gasteiger partial charge in [0.1, 0.15) is 0 Å². The van der Waals surface area contributed by atoms with Crippen molar-refractivity contribution in [1.82, 2.24) is 5.32 Å². The SMILES string of the molecule is C=CCNC(=O)c1ccc(C)c(C(C)C[Si](C)(C)C)c1. The Morgan fingerprint density at radius 2 is 2.05 bits per heavy atom. The number of benzene rings is 1. The molecule has 0 saturated heterocycles.